The lowest BCUT2D eigenvalue weighted by Gasteiger charge is -2.15. The van der Waals surface area contributed by atoms with E-state index in [1.165, 1.54) is 28.5 Å². The first-order valence-electron chi connectivity index (χ1n) is 14.2. The van der Waals surface area contributed by atoms with Crippen LogP contribution in [0, 0.1) is 24.7 Å². The maximum atomic E-state index is 12.4. The molecule has 4 heterocycles. The summed E-state index contributed by atoms with van der Waals surface area (Å²) >= 11 is 3.08. The van der Waals surface area contributed by atoms with Gasteiger partial charge in [0.2, 0.25) is 10.0 Å². The Bertz CT molecular complexity index is 2010. The van der Waals surface area contributed by atoms with Crippen LogP contribution in [0.1, 0.15) is 57.0 Å². The van der Waals surface area contributed by atoms with Gasteiger partial charge in [0.15, 0.2) is 5.69 Å². The smallest absolute Gasteiger partial charge is 0.357 e. The molecule has 44 heavy (non-hydrogen) atoms. The van der Waals surface area contributed by atoms with Gasteiger partial charge in [0.05, 0.1) is 23.7 Å². The molecule has 2 N–H and O–H groups in total. The monoisotopic (exact) mass is 642 g/mol. The molecule has 0 saturated heterocycles. The van der Waals surface area contributed by atoms with E-state index >= 15 is 0 Å². The highest BCUT2D eigenvalue weighted by atomic mass is 32.2. The molecule has 0 atom stereocenters. The number of esters is 1. The van der Waals surface area contributed by atoms with E-state index in [1.54, 1.807) is 29.7 Å². The number of rotatable bonds is 9. The maximum Gasteiger partial charge on any atom is 0.357 e. The lowest BCUT2D eigenvalue weighted by atomic mass is 10.1. The Morgan fingerprint density at radius 3 is 2.66 bits per heavy atom. The van der Waals surface area contributed by atoms with Crippen LogP contribution in [0.2, 0.25) is 0 Å². The molecule has 0 spiro atoms. The van der Waals surface area contributed by atoms with Crippen molar-refractivity contribution in [1.82, 2.24) is 14.5 Å². The fraction of sp³-hybridized carbons (Fsp3) is 0.242. The van der Waals surface area contributed by atoms with E-state index in [0.29, 0.717) is 23.9 Å². The van der Waals surface area contributed by atoms with E-state index in [9.17, 15) is 13.2 Å². The zero-order chi connectivity index (χ0) is 30.8. The van der Waals surface area contributed by atoms with Crippen molar-refractivity contribution >= 4 is 38.7 Å². The Kier molecular flexibility index (Phi) is 8.51. The van der Waals surface area contributed by atoms with Gasteiger partial charge in [-0.3, -0.25) is 4.98 Å². The SMILES string of the molecule is CCOC(=O)c1csc(-c2cc(-c3cccc(C#Cc4ccc(C)s4)c3)n(Cc3ccc(S(N)(=O)=O)cn3)c2CC2CC2)n1. The molecule has 5 aromatic rings. The zero-order valence-electron chi connectivity index (χ0n) is 24.2. The number of nitrogens with zero attached hydrogens (tertiary/aromatic N) is 3. The minimum Gasteiger partial charge on any atom is -0.461 e. The van der Waals surface area contributed by atoms with Crippen molar-refractivity contribution in [3.8, 4) is 33.7 Å². The van der Waals surface area contributed by atoms with E-state index in [-0.39, 0.29) is 11.5 Å². The molecule has 0 unspecified atom stereocenters. The van der Waals surface area contributed by atoms with Gasteiger partial charge in [0, 0.05) is 39.0 Å². The van der Waals surface area contributed by atoms with Crippen LogP contribution in [0.4, 0.5) is 0 Å². The minimum atomic E-state index is -3.86. The molecule has 11 heteroatoms. The van der Waals surface area contributed by atoms with Crippen LogP contribution in [-0.2, 0) is 27.7 Å². The third-order valence-corrected chi connectivity index (χ3v) is 9.97. The third-order valence-electron chi connectivity index (χ3n) is 7.28. The Labute approximate surface area is 264 Å². The molecule has 0 amide bonds. The lowest BCUT2D eigenvalue weighted by molar-refractivity contribution is 0.0520. The number of aryl methyl sites for hydroxylation is 1. The fourth-order valence-electron chi connectivity index (χ4n) is 4.93. The standard InChI is InChI=1S/C33H30N4O4S3/c1-3-41-33(38)29-20-42-32(36-29)28-17-30(24-6-4-5-22(15-24)10-13-26-12-7-21(2)43-26)37(31(28)16-23-8-9-23)19-25-11-14-27(18-35-25)44(34,39)40/h4-7,11-12,14-15,17-18,20,23H,3,8-9,16,19H2,1-2H3,(H2,34,39,40). The van der Waals surface area contributed by atoms with Crippen molar-refractivity contribution in [2.45, 2.75) is 44.6 Å². The van der Waals surface area contributed by atoms with Gasteiger partial charge in [-0.25, -0.2) is 23.3 Å². The number of ether oxygens (including phenoxy) is 1. The summed E-state index contributed by atoms with van der Waals surface area (Å²) in [6, 6.07) is 17.5. The lowest BCUT2D eigenvalue weighted by Crippen LogP contribution is -2.13. The molecule has 6 rings (SSSR count). The molecule has 1 saturated carbocycles. The second-order valence-electron chi connectivity index (χ2n) is 10.7. The molecule has 224 valence electrons. The number of hydrogen-bond donors (Lipinski definition) is 1. The average Bonchev–Trinajstić information content (AvgIpc) is 3.34. The van der Waals surface area contributed by atoms with E-state index < -0.39 is 16.0 Å². The van der Waals surface area contributed by atoms with Crippen molar-refractivity contribution in [2.75, 3.05) is 6.61 Å². The first kappa shape index (κ1) is 30.0. The second-order valence-corrected chi connectivity index (χ2v) is 14.4. The first-order chi connectivity index (χ1) is 21.2. The van der Waals surface area contributed by atoms with Gasteiger partial charge in [0.25, 0.3) is 0 Å². The Hall–Kier alpha value is -4.08. The van der Waals surface area contributed by atoms with Crippen LogP contribution < -0.4 is 5.14 Å². The van der Waals surface area contributed by atoms with Gasteiger partial charge in [-0.2, -0.15) is 0 Å². The third kappa shape index (κ3) is 6.84. The highest BCUT2D eigenvalue weighted by Gasteiger charge is 2.28. The van der Waals surface area contributed by atoms with Crippen molar-refractivity contribution < 1.29 is 17.9 Å². The molecule has 0 aliphatic heterocycles. The number of benzene rings is 1. The molecule has 1 aliphatic carbocycles. The predicted molar refractivity (Wildman–Crippen MR) is 173 cm³/mol. The summed E-state index contributed by atoms with van der Waals surface area (Å²) in [7, 11) is -3.86. The minimum absolute atomic E-state index is 0.0330. The Morgan fingerprint density at radius 2 is 1.98 bits per heavy atom. The number of carbonyl (C=O) groups is 1. The summed E-state index contributed by atoms with van der Waals surface area (Å²) in [5, 5.41) is 7.79. The predicted octanol–water partition coefficient (Wildman–Crippen LogP) is 6.27. The number of aromatic nitrogens is 3. The van der Waals surface area contributed by atoms with Crippen LogP contribution in [0.5, 0.6) is 0 Å². The molecule has 8 nitrogen and oxygen atoms in total. The van der Waals surface area contributed by atoms with Gasteiger partial charge in [-0.05, 0) is 87.1 Å². The van der Waals surface area contributed by atoms with E-state index in [2.05, 4.69) is 57.6 Å². The fourth-order valence-corrected chi connectivity index (χ4v) is 6.94. The highest BCUT2D eigenvalue weighted by Crippen LogP contribution is 2.41. The summed E-state index contributed by atoms with van der Waals surface area (Å²) < 4.78 is 31.1. The first-order valence-corrected chi connectivity index (χ1v) is 17.4. The van der Waals surface area contributed by atoms with Gasteiger partial charge in [-0.15, -0.1) is 22.7 Å². The average molecular weight is 643 g/mol. The number of thiazole rings is 1. The second kappa shape index (κ2) is 12.5. The summed E-state index contributed by atoms with van der Waals surface area (Å²) in [4.78, 5) is 23.8. The molecular formula is C33H30N4O4S3. The normalized spacial score (nSPS) is 13.0. The van der Waals surface area contributed by atoms with Gasteiger partial charge < -0.3 is 9.30 Å². The van der Waals surface area contributed by atoms with Crippen molar-refractivity contribution in [3.05, 3.63) is 98.6 Å². The molecule has 4 aromatic heterocycles. The number of carbonyl (C=O) groups excluding carboxylic acids is 1. The Balaban J connectivity index is 1.46. The Morgan fingerprint density at radius 1 is 1.14 bits per heavy atom. The largest absolute Gasteiger partial charge is 0.461 e. The number of hydrogen-bond acceptors (Lipinski definition) is 8. The van der Waals surface area contributed by atoms with E-state index in [1.807, 2.05) is 18.2 Å². The van der Waals surface area contributed by atoms with Crippen molar-refractivity contribution in [3.63, 3.8) is 0 Å². The summed E-state index contributed by atoms with van der Waals surface area (Å²) in [6.45, 7) is 4.52. The van der Waals surface area contributed by atoms with Crippen molar-refractivity contribution in [2.24, 2.45) is 11.1 Å². The number of sulfonamides is 1. The van der Waals surface area contributed by atoms with Gasteiger partial charge >= 0.3 is 5.97 Å². The molecule has 1 aromatic carbocycles. The van der Waals surface area contributed by atoms with Gasteiger partial charge in [-0.1, -0.05) is 24.0 Å². The molecule has 0 radical (unpaired) electrons. The number of pyridine rings is 1. The summed E-state index contributed by atoms with van der Waals surface area (Å²) in [5.74, 6) is 6.70. The highest BCUT2D eigenvalue weighted by molar-refractivity contribution is 7.89. The maximum absolute atomic E-state index is 12.4. The van der Waals surface area contributed by atoms with Crippen LogP contribution in [0.3, 0.4) is 0 Å². The van der Waals surface area contributed by atoms with Crippen molar-refractivity contribution in [1.29, 1.82) is 0 Å². The van der Waals surface area contributed by atoms with Crippen LogP contribution >= 0.6 is 22.7 Å². The quantitative estimate of drug-likeness (QED) is 0.150. The molecular weight excluding hydrogens is 613 g/mol. The number of primary sulfonamides is 1. The molecule has 1 aliphatic rings. The van der Waals surface area contributed by atoms with E-state index in [4.69, 9.17) is 9.88 Å². The van der Waals surface area contributed by atoms with Crippen LogP contribution in [0.15, 0.2) is 71.1 Å². The molecule has 0 bridgehead atoms. The topological polar surface area (TPSA) is 117 Å². The van der Waals surface area contributed by atoms with Crippen LogP contribution in [-0.4, -0.2) is 35.5 Å². The van der Waals surface area contributed by atoms with Gasteiger partial charge in [0.1, 0.15) is 9.90 Å². The number of thiophene rings is 1. The summed E-state index contributed by atoms with van der Waals surface area (Å²) in [6.07, 6.45) is 4.45. The van der Waals surface area contributed by atoms with Crippen LogP contribution in [0.25, 0.3) is 21.8 Å². The number of nitrogens with two attached hydrogens (primary N) is 1. The van der Waals surface area contributed by atoms with E-state index in [0.717, 1.165) is 57.2 Å². The summed E-state index contributed by atoms with van der Waals surface area (Å²) in [5.41, 5.74) is 5.85. The zero-order valence-corrected chi connectivity index (χ0v) is 26.7. The molecule has 1 fully saturated rings.